The standard InChI is InChI=1S/C16H32N6/c1-7-20-8-10-21(11-9-20)14(12-13(2)3)15-17-18-19-22(15)16(4,5)6/h13-14H,7-12H2,1-6H3. The Morgan fingerprint density at radius 2 is 1.73 bits per heavy atom. The van der Waals surface area contributed by atoms with Crippen LogP contribution in [0.2, 0.25) is 0 Å². The molecule has 1 aromatic heterocycles. The minimum Gasteiger partial charge on any atom is -0.301 e. The lowest BCUT2D eigenvalue weighted by atomic mass is 9.99. The first-order valence-corrected chi connectivity index (χ1v) is 8.58. The van der Waals surface area contributed by atoms with Crippen molar-refractivity contribution >= 4 is 0 Å². The molecule has 6 heteroatoms. The Labute approximate surface area is 134 Å². The summed E-state index contributed by atoms with van der Waals surface area (Å²) in [5.74, 6) is 1.64. The maximum atomic E-state index is 4.40. The zero-order valence-corrected chi connectivity index (χ0v) is 15.1. The van der Waals surface area contributed by atoms with Crippen LogP contribution in [0.4, 0.5) is 0 Å². The molecule has 1 aliphatic heterocycles. The molecule has 6 nitrogen and oxygen atoms in total. The molecule has 0 radical (unpaired) electrons. The molecule has 126 valence electrons. The maximum absolute atomic E-state index is 4.40. The number of hydrogen-bond donors (Lipinski definition) is 0. The van der Waals surface area contributed by atoms with Crippen LogP contribution in [0, 0.1) is 5.92 Å². The predicted octanol–water partition coefficient (Wildman–Crippen LogP) is 2.15. The normalized spacial score (nSPS) is 19.8. The molecule has 1 atom stereocenters. The fraction of sp³-hybridized carbons (Fsp3) is 0.938. The molecular weight excluding hydrogens is 276 g/mol. The van der Waals surface area contributed by atoms with E-state index in [1.807, 2.05) is 4.68 Å². The second kappa shape index (κ2) is 7.04. The van der Waals surface area contributed by atoms with E-state index in [0.29, 0.717) is 12.0 Å². The molecule has 0 spiro atoms. The van der Waals surface area contributed by atoms with Crippen LogP contribution in [-0.4, -0.2) is 62.7 Å². The Morgan fingerprint density at radius 3 is 2.23 bits per heavy atom. The van der Waals surface area contributed by atoms with Crippen molar-refractivity contribution in [2.45, 2.75) is 59.5 Å². The summed E-state index contributed by atoms with van der Waals surface area (Å²) >= 11 is 0. The Balaban J connectivity index is 2.22. The van der Waals surface area contributed by atoms with Gasteiger partial charge in [-0.05, 0) is 50.1 Å². The first-order valence-electron chi connectivity index (χ1n) is 8.58. The number of aromatic nitrogens is 4. The molecule has 0 saturated carbocycles. The summed E-state index contributed by atoms with van der Waals surface area (Å²) in [5.41, 5.74) is -0.0840. The van der Waals surface area contributed by atoms with Crippen molar-refractivity contribution < 1.29 is 0 Å². The molecule has 0 aromatic carbocycles. The smallest absolute Gasteiger partial charge is 0.168 e. The lowest BCUT2D eigenvalue weighted by molar-refractivity contribution is 0.0806. The van der Waals surface area contributed by atoms with Crippen LogP contribution in [0.5, 0.6) is 0 Å². The van der Waals surface area contributed by atoms with Crippen LogP contribution in [0.1, 0.15) is 59.8 Å². The number of tetrazole rings is 1. The molecule has 1 saturated heterocycles. The first kappa shape index (κ1) is 17.3. The largest absolute Gasteiger partial charge is 0.301 e. The van der Waals surface area contributed by atoms with E-state index < -0.39 is 0 Å². The van der Waals surface area contributed by atoms with Gasteiger partial charge >= 0.3 is 0 Å². The Hall–Kier alpha value is -1.01. The minimum atomic E-state index is -0.0840. The number of rotatable bonds is 5. The van der Waals surface area contributed by atoms with Gasteiger partial charge in [-0.2, -0.15) is 0 Å². The van der Waals surface area contributed by atoms with Crippen molar-refractivity contribution in [3.63, 3.8) is 0 Å². The van der Waals surface area contributed by atoms with Crippen molar-refractivity contribution in [2.75, 3.05) is 32.7 Å². The lowest BCUT2D eigenvalue weighted by Gasteiger charge is -2.39. The van der Waals surface area contributed by atoms with Crippen molar-refractivity contribution in [3.05, 3.63) is 5.82 Å². The third-order valence-electron chi connectivity index (χ3n) is 4.42. The molecular formula is C16H32N6. The molecule has 2 rings (SSSR count). The van der Waals surface area contributed by atoms with Crippen LogP contribution in [-0.2, 0) is 5.54 Å². The Morgan fingerprint density at radius 1 is 1.09 bits per heavy atom. The van der Waals surface area contributed by atoms with Gasteiger partial charge in [-0.3, -0.25) is 4.90 Å². The van der Waals surface area contributed by atoms with Gasteiger partial charge in [0.25, 0.3) is 0 Å². The third kappa shape index (κ3) is 4.04. The average Bonchev–Trinajstić information content (AvgIpc) is 2.94. The molecule has 22 heavy (non-hydrogen) atoms. The van der Waals surface area contributed by atoms with Crippen LogP contribution in [0.25, 0.3) is 0 Å². The van der Waals surface area contributed by atoms with E-state index >= 15 is 0 Å². The summed E-state index contributed by atoms with van der Waals surface area (Å²) in [6, 6.07) is 0.313. The molecule has 0 amide bonds. The van der Waals surface area contributed by atoms with Crippen LogP contribution in [0.15, 0.2) is 0 Å². The van der Waals surface area contributed by atoms with Gasteiger partial charge in [-0.15, -0.1) is 5.10 Å². The van der Waals surface area contributed by atoms with Gasteiger partial charge in [0.2, 0.25) is 0 Å². The van der Waals surface area contributed by atoms with Crippen molar-refractivity contribution in [1.82, 2.24) is 30.0 Å². The highest BCUT2D eigenvalue weighted by atomic mass is 15.6. The SMILES string of the molecule is CCN1CCN(C(CC(C)C)c2nnnn2C(C)(C)C)CC1. The molecule has 1 fully saturated rings. The van der Waals surface area contributed by atoms with Crippen LogP contribution >= 0.6 is 0 Å². The molecule has 1 aromatic rings. The van der Waals surface area contributed by atoms with E-state index in [1.54, 1.807) is 0 Å². The summed E-state index contributed by atoms with van der Waals surface area (Å²) in [5, 5.41) is 12.6. The Bertz CT molecular complexity index is 453. The van der Waals surface area contributed by atoms with E-state index in [-0.39, 0.29) is 5.54 Å². The zero-order valence-electron chi connectivity index (χ0n) is 15.1. The summed E-state index contributed by atoms with van der Waals surface area (Å²) < 4.78 is 2.01. The molecule has 0 N–H and O–H groups in total. The van der Waals surface area contributed by atoms with Gasteiger partial charge in [0.15, 0.2) is 5.82 Å². The quantitative estimate of drug-likeness (QED) is 0.834. The monoisotopic (exact) mass is 308 g/mol. The highest BCUT2D eigenvalue weighted by Crippen LogP contribution is 2.29. The lowest BCUT2D eigenvalue weighted by Crippen LogP contribution is -2.48. The van der Waals surface area contributed by atoms with Gasteiger partial charge in [-0.25, -0.2) is 4.68 Å². The van der Waals surface area contributed by atoms with Gasteiger partial charge < -0.3 is 4.90 Å². The van der Waals surface area contributed by atoms with Gasteiger partial charge in [0.1, 0.15) is 0 Å². The van der Waals surface area contributed by atoms with Gasteiger partial charge in [0, 0.05) is 26.2 Å². The molecule has 1 unspecified atom stereocenters. The summed E-state index contributed by atoms with van der Waals surface area (Å²) in [6.07, 6.45) is 1.10. The molecule has 2 heterocycles. The van der Waals surface area contributed by atoms with E-state index in [9.17, 15) is 0 Å². The van der Waals surface area contributed by atoms with Crippen LogP contribution in [0.3, 0.4) is 0 Å². The van der Waals surface area contributed by atoms with Crippen molar-refractivity contribution in [1.29, 1.82) is 0 Å². The van der Waals surface area contributed by atoms with E-state index in [1.165, 1.54) is 0 Å². The van der Waals surface area contributed by atoms with Crippen molar-refractivity contribution in [3.8, 4) is 0 Å². The van der Waals surface area contributed by atoms with E-state index in [0.717, 1.165) is 45.0 Å². The number of nitrogens with zero attached hydrogens (tertiary/aromatic N) is 6. The Kier molecular flexibility index (Phi) is 5.55. The molecule has 0 aliphatic carbocycles. The highest BCUT2D eigenvalue weighted by molar-refractivity contribution is 4.98. The highest BCUT2D eigenvalue weighted by Gasteiger charge is 2.32. The van der Waals surface area contributed by atoms with Crippen molar-refractivity contribution in [2.24, 2.45) is 5.92 Å². The summed E-state index contributed by atoms with van der Waals surface area (Å²) in [4.78, 5) is 5.08. The number of hydrogen-bond acceptors (Lipinski definition) is 5. The minimum absolute atomic E-state index is 0.0840. The van der Waals surface area contributed by atoms with E-state index in [2.05, 4.69) is 66.9 Å². The fourth-order valence-corrected chi connectivity index (χ4v) is 3.14. The topological polar surface area (TPSA) is 50.1 Å². The van der Waals surface area contributed by atoms with Crippen LogP contribution < -0.4 is 0 Å². The number of piperazine rings is 1. The van der Waals surface area contributed by atoms with E-state index in [4.69, 9.17) is 0 Å². The summed E-state index contributed by atoms with van der Waals surface area (Å²) in [7, 11) is 0. The molecule has 0 bridgehead atoms. The predicted molar refractivity (Wildman–Crippen MR) is 88.7 cm³/mol. The zero-order chi connectivity index (χ0) is 16.3. The maximum Gasteiger partial charge on any atom is 0.168 e. The number of likely N-dealkylation sites (N-methyl/N-ethyl adjacent to an activating group) is 1. The first-order chi connectivity index (χ1) is 10.3. The second-order valence-electron chi connectivity index (χ2n) is 7.74. The summed E-state index contributed by atoms with van der Waals surface area (Å²) in [6.45, 7) is 18.9. The van der Waals surface area contributed by atoms with Gasteiger partial charge in [-0.1, -0.05) is 20.8 Å². The van der Waals surface area contributed by atoms with Gasteiger partial charge in [0.05, 0.1) is 11.6 Å². The average molecular weight is 308 g/mol. The molecule has 1 aliphatic rings. The second-order valence-corrected chi connectivity index (χ2v) is 7.74. The third-order valence-corrected chi connectivity index (χ3v) is 4.42. The fourth-order valence-electron chi connectivity index (χ4n) is 3.14.